The molecule has 0 spiro atoms. The highest BCUT2D eigenvalue weighted by atomic mass is 19.1. The summed E-state index contributed by atoms with van der Waals surface area (Å²) in [6, 6.07) is 42.1. The van der Waals surface area contributed by atoms with Gasteiger partial charge in [-0.1, -0.05) is 224 Å². The summed E-state index contributed by atoms with van der Waals surface area (Å²) in [6.07, 6.45) is 21.2. The van der Waals surface area contributed by atoms with Crippen molar-refractivity contribution in [2.75, 3.05) is 53.2 Å². The van der Waals surface area contributed by atoms with Gasteiger partial charge in [0.2, 0.25) is 35.4 Å². The van der Waals surface area contributed by atoms with E-state index < -0.39 is 5.82 Å². The van der Waals surface area contributed by atoms with Gasteiger partial charge >= 0.3 is 0 Å². The summed E-state index contributed by atoms with van der Waals surface area (Å²) in [5.74, 6) is 12.2. The average Bonchev–Trinajstić information content (AvgIpc) is 0.839. The van der Waals surface area contributed by atoms with Crippen LogP contribution in [-0.2, 0) is 35.2 Å². The topological polar surface area (TPSA) is 202 Å². The number of halogens is 2. The maximum absolute atomic E-state index is 13.7. The van der Waals surface area contributed by atoms with E-state index in [-0.39, 0.29) is 82.5 Å². The van der Waals surface area contributed by atoms with Gasteiger partial charge in [-0.05, 0) is 281 Å². The van der Waals surface area contributed by atoms with Gasteiger partial charge in [0.1, 0.15) is 17.3 Å². The van der Waals surface area contributed by atoms with Crippen molar-refractivity contribution in [3.63, 3.8) is 0 Å². The van der Waals surface area contributed by atoms with E-state index in [9.17, 15) is 37.5 Å². The van der Waals surface area contributed by atoms with Crippen molar-refractivity contribution in [2.24, 2.45) is 142 Å². The van der Waals surface area contributed by atoms with Crippen LogP contribution in [-0.4, -0.2) is 56.8 Å². The fourth-order valence-electron chi connectivity index (χ4n) is 20.6. The first-order valence-corrected chi connectivity index (χ1v) is 47.8. The molecule has 6 N–H and O–H groups in total. The third-order valence-corrected chi connectivity index (χ3v) is 28.3. The molecule has 6 aliphatic rings. The molecule has 12 rings (SSSR count). The second kappa shape index (κ2) is 51.4. The van der Waals surface area contributed by atoms with Gasteiger partial charge in [-0.25, -0.2) is 8.78 Å². The summed E-state index contributed by atoms with van der Waals surface area (Å²) in [5, 5.41) is 18.1. The Morgan fingerprint density at radius 2 is 0.616 bits per heavy atom. The van der Waals surface area contributed by atoms with Crippen LogP contribution in [0.2, 0.25) is 0 Å². The third-order valence-electron chi connectivity index (χ3n) is 28.3. The molecule has 15 nitrogen and oxygen atoms in total. The SMILES string of the molecule is CC(C)[C@@H]1CC[C@@H](C)C[C@H]1C(=O)Nc1cccc(F)c1.CCc1ccc(NC(=O)[C@@H]2C[C@H](C)CC[C@H]2C(C)C)cc1.COc1ccc(NC(=O)[C@@H]2C[C@H](C)CC[C@H]2C(C)C)cc1F.COc1cccc(NC(=O)[C@@H]2C[C@H](C)CC[C@H]2C(C)C)c1.COc1ccccc1NC(=O)[C@@H]1C[C@H](C)CC[C@H]1C(C)C.Cc1ccc(NC(=O)[C@@H]2C[C@H](C)CC[C@H]2C(C)C)cc1. The number of hydrogen-bond donors (Lipinski definition) is 6. The van der Waals surface area contributed by atoms with Crippen LogP contribution >= 0.6 is 0 Å². The van der Waals surface area contributed by atoms with Crippen LogP contribution in [0.4, 0.5) is 42.9 Å². The Kier molecular flexibility index (Phi) is 42.6. The zero-order valence-electron chi connectivity index (χ0n) is 80.5. The second-order valence-corrected chi connectivity index (χ2v) is 40.2. The Labute approximate surface area is 752 Å². The molecule has 125 heavy (non-hydrogen) atoms. The van der Waals surface area contributed by atoms with Crippen LogP contribution in [0.15, 0.2) is 140 Å². The molecular weight excluding hydrogens is 1560 g/mol. The number of methoxy groups -OCH3 is 3. The number of anilines is 6. The van der Waals surface area contributed by atoms with Crippen LogP contribution < -0.4 is 46.1 Å². The van der Waals surface area contributed by atoms with E-state index in [4.69, 9.17) is 14.2 Å². The molecule has 6 fully saturated rings. The van der Waals surface area contributed by atoms with Crippen molar-refractivity contribution in [2.45, 2.75) is 260 Å². The minimum Gasteiger partial charge on any atom is -0.497 e. The number of benzene rings is 6. The minimum atomic E-state index is -0.460. The number of rotatable bonds is 22. The molecular formula is C108H160F2N6O9. The zero-order valence-corrected chi connectivity index (χ0v) is 80.5. The maximum Gasteiger partial charge on any atom is 0.227 e. The van der Waals surface area contributed by atoms with E-state index in [0.29, 0.717) is 118 Å². The third kappa shape index (κ3) is 32.6. The fourth-order valence-corrected chi connectivity index (χ4v) is 20.6. The molecule has 0 unspecified atom stereocenters. The monoisotopic (exact) mass is 1720 g/mol. The molecule has 0 aliphatic heterocycles. The van der Waals surface area contributed by atoms with Gasteiger partial charge < -0.3 is 46.1 Å². The van der Waals surface area contributed by atoms with Crippen molar-refractivity contribution in [3.8, 4) is 17.2 Å². The van der Waals surface area contributed by atoms with E-state index in [0.717, 1.165) is 105 Å². The molecule has 0 radical (unpaired) electrons. The lowest BCUT2D eigenvalue weighted by molar-refractivity contribution is -0.124. The van der Waals surface area contributed by atoms with Crippen molar-refractivity contribution in [3.05, 3.63) is 162 Å². The smallest absolute Gasteiger partial charge is 0.227 e. The minimum absolute atomic E-state index is 0.00825. The Morgan fingerprint density at radius 1 is 0.320 bits per heavy atom. The Balaban J connectivity index is 0.000000206. The van der Waals surface area contributed by atoms with Gasteiger partial charge in [0.05, 0.1) is 27.0 Å². The van der Waals surface area contributed by atoms with E-state index in [2.05, 4.69) is 183 Å². The van der Waals surface area contributed by atoms with Gasteiger partial charge in [0, 0.05) is 76.1 Å². The first-order valence-electron chi connectivity index (χ1n) is 47.8. The van der Waals surface area contributed by atoms with Crippen molar-refractivity contribution >= 4 is 69.6 Å². The predicted octanol–water partition coefficient (Wildman–Crippen LogP) is 27.2. The number of hydrogen-bond acceptors (Lipinski definition) is 9. The Morgan fingerprint density at radius 3 is 0.928 bits per heavy atom. The fraction of sp³-hybridized carbons (Fsp3) is 0.611. The number of nitrogens with one attached hydrogen (secondary N) is 6. The van der Waals surface area contributed by atoms with Gasteiger partial charge in [-0.2, -0.15) is 0 Å². The first kappa shape index (κ1) is 103. The Bertz CT molecular complexity index is 4280. The number of para-hydroxylation sites is 2. The molecule has 6 saturated carbocycles. The molecule has 0 heterocycles. The number of ether oxygens (including phenoxy) is 3. The molecule has 17 heteroatoms. The predicted molar refractivity (Wildman–Crippen MR) is 513 cm³/mol. The quantitative estimate of drug-likeness (QED) is 0.0382. The summed E-state index contributed by atoms with van der Waals surface area (Å²) in [4.78, 5) is 75.8. The number of carbonyl (C=O) groups is 6. The number of amides is 6. The summed E-state index contributed by atoms with van der Waals surface area (Å²) in [5.41, 5.74) is 7.00. The molecule has 6 aromatic carbocycles. The highest BCUT2D eigenvalue weighted by molar-refractivity contribution is 5.96. The van der Waals surface area contributed by atoms with Crippen molar-refractivity contribution < 1.29 is 51.8 Å². The van der Waals surface area contributed by atoms with Gasteiger partial charge in [-0.15, -0.1) is 0 Å². The highest BCUT2D eigenvalue weighted by Crippen LogP contribution is 2.45. The molecule has 0 aromatic heterocycles. The molecule has 18 atom stereocenters. The van der Waals surface area contributed by atoms with Crippen LogP contribution in [0.3, 0.4) is 0 Å². The normalized spacial score (nSPS) is 25.9. The summed E-state index contributed by atoms with van der Waals surface area (Å²) in [7, 11) is 4.69. The molecule has 6 amide bonds. The summed E-state index contributed by atoms with van der Waals surface area (Å²) in [6.45, 7) is 44.3. The van der Waals surface area contributed by atoms with Crippen molar-refractivity contribution in [1.82, 2.24) is 0 Å². The second-order valence-electron chi connectivity index (χ2n) is 40.2. The summed E-state index contributed by atoms with van der Waals surface area (Å²) >= 11 is 0. The molecule has 690 valence electrons. The van der Waals surface area contributed by atoms with Crippen LogP contribution in [0.1, 0.15) is 258 Å². The highest BCUT2D eigenvalue weighted by Gasteiger charge is 2.42. The standard InChI is InChI=1S/C19H29NO.C18H26FNO2.2C18H27NO2.C18H27NO.C17H24FNO/c1-5-15-7-9-16(10-8-15)20-19(21)18-12-14(4)6-11-17(18)13(2)3;1-11(2)14-7-5-12(3)9-15(14)18(21)20-13-6-8-17(22-4)16(19)10-13;1-12(2)16-9-8-13(3)10-17(16)18(20)19-14-6-5-7-15(11-14)21-4;1-12(2)14-10-9-13(3)11-15(14)18(20)19-16-7-5-6-8-17(16)21-4;1-12(2)16-10-7-14(4)11-17(16)18(20)19-15-8-5-13(3)6-9-15;1-11(2)15-8-7-12(3)9-16(15)17(20)19-14-6-4-5-13(18)10-14/h7-10,13-14,17-18H,5-6,11-12H2,1-4H3,(H,20,21);6,8,10-12,14-15H,5,7,9H2,1-4H3,(H,20,21);5-7,11-13,16-17H,8-10H2,1-4H3,(H,19,20);5-8,12-15H,9-11H2,1-4H3,(H,19,20);5-6,8-9,12,14,16-17H,7,10-11H2,1-4H3,(H,19,20);4-6,10-12,15-16H,7-9H2,1-3H3,(H,19,20)/t14-,17+,18-;12-,14+,15-;13-,16+,17-;13-,14+,15-;14-,16+,17-;12-,15+,16-/m111111/s1. The van der Waals surface area contributed by atoms with E-state index in [1.165, 1.54) is 93.9 Å². The largest absolute Gasteiger partial charge is 0.497 e. The maximum atomic E-state index is 13.7. The Hall–Kier alpha value is -8.60. The molecule has 6 aromatic rings. The van der Waals surface area contributed by atoms with E-state index >= 15 is 0 Å². The van der Waals surface area contributed by atoms with E-state index in [1.807, 2.05) is 84.9 Å². The molecule has 0 saturated heterocycles. The van der Waals surface area contributed by atoms with Crippen molar-refractivity contribution in [1.29, 1.82) is 0 Å². The molecule has 0 bridgehead atoms. The van der Waals surface area contributed by atoms with Crippen LogP contribution in [0.5, 0.6) is 17.2 Å². The lowest BCUT2D eigenvalue weighted by Gasteiger charge is -2.36. The van der Waals surface area contributed by atoms with Gasteiger partial charge in [0.15, 0.2) is 11.6 Å². The lowest BCUT2D eigenvalue weighted by atomic mass is 9.70. The first-order chi connectivity index (χ1) is 59.4. The lowest BCUT2D eigenvalue weighted by Crippen LogP contribution is -2.36. The number of carbonyl (C=O) groups excluding carboxylic acids is 6. The number of aryl methyl sites for hydroxylation is 2. The average molecular weight is 1720 g/mol. The van der Waals surface area contributed by atoms with E-state index in [1.54, 1.807) is 32.4 Å². The molecule has 6 aliphatic carbocycles. The van der Waals surface area contributed by atoms with Gasteiger partial charge in [-0.3, -0.25) is 28.8 Å². The zero-order chi connectivity index (χ0) is 91.9. The van der Waals surface area contributed by atoms with Crippen LogP contribution in [0, 0.1) is 161 Å². The van der Waals surface area contributed by atoms with Crippen LogP contribution in [0.25, 0.3) is 0 Å². The van der Waals surface area contributed by atoms with Gasteiger partial charge in [0.25, 0.3) is 0 Å². The summed E-state index contributed by atoms with van der Waals surface area (Å²) < 4.78 is 42.3.